The summed E-state index contributed by atoms with van der Waals surface area (Å²) in [5, 5.41) is 1.05. The number of furan rings is 1. The van der Waals surface area contributed by atoms with E-state index in [9.17, 15) is 4.79 Å². The fraction of sp³-hybridized carbons (Fsp3) is 0.500. The zero-order valence-corrected chi connectivity index (χ0v) is 13.6. The van der Waals surface area contributed by atoms with Gasteiger partial charge >= 0.3 is 0 Å². The largest absolute Gasteiger partial charge is 0.464 e. The second-order valence-corrected chi connectivity index (χ2v) is 6.90. The maximum Gasteiger partial charge on any atom is 0.227 e. The molecule has 2 N–H and O–H groups in total. The quantitative estimate of drug-likeness (QED) is 0.948. The molecule has 0 aliphatic carbocycles. The highest BCUT2D eigenvalue weighted by Crippen LogP contribution is 2.30. The molecule has 1 atom stereocenters. The highest BCUT2D eigenvalue weighted by atomic mass is 16.3. The first-order valence-corrected chi connectivity index (χ1v) is 7.88. The highest BCUT2D eigenvalue weighted by Gasteiger charge is 2.34. The molecule has 0 saturated carbocycles. The average molecular weight is 300 g/mol. The third-order valence-corrected chi connectivity index (χ3v) is 5.09. The molecule has 2 heterocycles. The molecular weight excluding hydrogens is 276 g/mol. The first-order chi connectivity index (χ1) is 10.4. The minimum absolute atomic E-state index is 0.0713. The number of carbonyl (C=O) groups excluding carboxylic acids is 1. The van der Waals surface area contributed by atoms with Crippen molar-refractivity contribution in [3.05, 3.63) is 35.1 Å². The molecule has 22 heavy (non-hydrogen) atoms. The molecule has 1 unspecified atom stereocenters. The summed E-state index contributed by atoms with van der Waals surface area (Å²) in [5.41, 5.74) is 10.1. The summed E-state index contributed by atoms with van der Waals surface area (Å²) in [6.45, 7) is 8.47. The lowest BCUT2D eigenvalue weighted by atomic mass is 9.90. The summed E-state index contributed by atoms with van der Waals surface area (Å²) >= 11 is 0. The molecule has 118 valence electrons. The number of aryl methyl sites for hydroxylation is 2. The Hall–Kier alpha value is -1.81. The number of hydrogen-bond donors (Lipinski definition) is 1. The van der Waals surface area contributed by atoms with Gasteiger partial charge in [0.2, 0.25) is 5.91 Å². The summed E-state index contributed by atoms with van der Waals surface area (Å²) in [5.74, 6) is 0.165. The lowest BCUT2D eigenvalue weighted by Gasteiger charge is -2.22. The Morgan fingerprint density at radius 2 is 2.18 bits per heavy atom. The van der Waals surface area contributed by atoms with Crippen LogP contribution in [0.1, 0.15) is 30.0 Å². The topological polar surface area (TPSA) is 59.5 Å². The molecule has 1 aliphatic heterocycles. The van der Waals surface area contributed by atoms with Crippen molar-refractivity contribution in [2.45, 2.75) is 33.6 Å². The SMILES string of the molecule is Cc1ccc2c(CC(=O)N3CCC(C)(CN)C3)coc2c1C. The molecule has 0 spiro atoms. The number of nitrogens with two attached hydrogens (primary N) is 1. The van der Waals surface area contributed by atoms with Gasteiger partial charge in [0.1, 0.15) is 5.58 Å². The van der Waals surface area contributed by atoms with Gasteiger partial charge in [-0.3, -0.25) is 4.79 Å². The number of hydrogen-bond acceptors (Lipinski definition) is 3. The van der Waals surface area contributed by atoms with E-state index in [1.54, 1.807) is 6.26 Å². The van der Waals surface area contributed by atoms with Crippen molar-refractivity contribution in [3.63, 3.8) is 0 Å². The van der Waals surface area contributed by atoms with Crippen LogP contribution in [-0.2, 0) is 11.2 Å². The summed E-state index contributed by atoms with van der Waals surface area (Å²) < 4.78 is 5.70. The van der Waals surface area contributed by atoms with Gasteiger partial charge in [-0.05, 0) is 43.4 Å². The Bertz CT molecular complexity index is 719. The van der Waals surface area contributed by atoms with E-state index in [4.69, 9.17) is 10.2 Å². The number of rotatable bonds is 3. The van der Waals surface area contributed by atoms with Gasteiger partial charge in [0.25, 0.3) is 0 Å². The molecule has 4 nitrogen and oxygen atoms in total. The smallest absolute Gasteiger partial charge is 0.227 e. The molecule has 0 radical (unpaired) electrons. The molecule has 3 rings (SSSR count). The van der Waals surface area contributed by atoms with Crippen LogP contribution in [0.2, 0.25) is 0 Å². The number of nitrogens with zero attached hydrogens (tertiary/aromatic N) is 1. The van der Waals surface area contributed by atoms with Gasteiger partial charge in [0.15, 0.2) is 0 Å². The van der Waals surface area contributed by atoms with Crippen molar-refractivity contribution in [2.75, 3.05) is 19.6 Å². The van der Waals surface area contributed by atoms with Crippen LogP contribution in [0.25, 0.3) is 11.0 Å². The number of amides is 1. The highest BCUT2D eigenvalue weighted by molar-refractivity contribution is 5.89. The van der Waals surface area contributed by atoms with E-state index in [1.165, 1.54) is 5.56 Å². The molecule has 1 fully saturated rings. The Kier molecular flexibility index (Phi) is 3.73. The minimum Gasteiger partial charge on any atom is -0.464 e. The van der Waals surface area contributed by atoms with Crippen molar-refractivity contribution >= 4 is 16.9 Å². The van der Waals surface area contributed by atoms with Crippen LogP contribution in [0.5, 0.6) is 0 Å². The molecular formula is C18H24N2O2. The van der Waals surface area contributed by atoms with E-state index in [0.717, 1.165) is 41.6 Å². The first kappa shape index (κ1) is 15.1. The minimum atomic E-state index is 0.0713. The Morgan fingerprint density at radius 3 is 2.86 bits per heavy atom. The van der Waals surface area contributed by atoms with E-state index in [2.05, 4.69) is 32.9 Å². The standard InChI is InChI=1S/C18H24N2O2/c1-12-4-5-15-14(9-22-17(15)13(12)2)8-16(21)20-7-6-18(3,10-19)11-20/h4-5,9H,6-8,10-11,19H2,1-3H3. The summed E-state index contributed by atoms with van der Waals surface area (Å²) in [6, 6.07) is 4.14. The molecule has 1 amide bonds. The van der Waals surface area contributed by atoms with Gasteiger partial charge in [0, 0.05) is 24.0 Å². The number of carbonyl (C=O) groups is 1. The summed E-state index contributed by atoms with van der Waals surface area (Å²) in [6.07, 6.45) is 3.11. The van der Waals surface area contributed by atoms with Crippen LogP contribution in [0.3, 0.4) is 0 Å². The van der Waals surface area contributed by atoms with Crippen LogP contribution in [0, 0.1) is 19.3 Å². The summed E-state index contributed by atoms with van der Waals surface area (Å²) in [7, 11) is 0. The molecule has 1 aliphatic rings. The van der Waals surface area contributed by atoms with Gasteiger partial charge in [0.05, 0.1) is 12.7 Å². The third-order valence-electron chi connectivity index (χ3n) is 5.09. The van der Waals surface area contributed by atoms with Gasteiger partial charge in [-0.2, -0.15) is 0 Å². The van der Waals surface area contributed by atoms with Crippen molar-refractivity contribution < 1.29 is 9.21 Å². The van der Waals surface area contributed by atoms with Crippen LogP contribution >= 0.6 is 0 Å². The van der Waals surface area contributed by atoms with E-state index in [1.807, 2.05) is 4.90 Å². The van der Waals surface area contributed by atoms with E-state index in [-0.39, 0.29) is 11.3 Å². The van der Waals surface area contributed by atoms with Crippen LogP contribution in [-0.4, -0.2) is 30.4 Å². The van der Waals surface area contributed by atoms with E-state index < -0.39 is 0 Å². The second kappa shape index (κ2) is 5.43. The van der Waals surface area contributed by atoms with Crippen LogP contribution < -0.4 is 5.73 Å². The Morgan fingerprint density at radius 1 is 1.41 bits per heavy atom. The van der Waals surface area contributed by atoms with E-state index in [0.29, 0.717) is 13.0 Å². The maximum absolute atomic E-state index is 12.6. The van der Waals surface area contributed by atoms with Crippen LogP contribution in [0.4, 0.5) is 0 Å². The monoisotopic (exact) mass is 300 g/mol. The molecule has 2 aromatic rings. The van der Waals surface area contributed by atoms with Crippen molar-refractivity contribution in [2.24, 2.45) is 11.1 Å². The molecule has 1 aromatic carbocycles. The molecule has 4 heteroatoms. The third kappa shape index (κ3) is 2.52. The van der Waals surface area contributed by atoms with Crippen molar-refractivity contribution in [3.8, 4) is 0 Å². The Balaban J connectivity index is 1.79. The van der Waals surface area contributed by atoms with E-state index >= 15 is 0 Å². The summed E-state index contributed by atoms with van der Waals surface area (Å²) in [4.78, 5) is 14.5. The average Bonchev–Trinajstić information content (AvgIpc) is 3.08. The molecule has 0 bridgehead atoms. The Labute approximate surface area is 131 Å². The molecule has 1 saturated heterocycles. The number of benzene rings is 1. The van der Waals surface area contributed by atoms with Gasteiger partial charge < -0.3 is 15.1 Å². The number of fused-ring (bicyclic) bond motifs is 1. The predicted molar refractivity (Wildman–Crippen MR) is 87.8 cm³/mol. The lowest BCUT2D eigenvalue weighted by molar-refractivity contribution is -0.129. The maximum atomic E-state index is 12.6. The van der Waals surface area contributed by atoms with Crippen molar-refractivity contribution in [1.82, 2.24) is 4.90 Å². The number of likely N-dealkylation sites (tertiary alicyclic amines) is 1. The first-order valence-electron chi connectivity index (χ1n) is 7.88. The fourth-order valence-electron chi connectivity index (χ4n) is 3.20. The van der Waals surface area contributed by atoms with Gasteiger partial charge in [-0.1, -0.05) is 19.1 Å². The zero-order chi connectivity index (χ0) is 15.9. The normalized spacial score (nSPS) is 21.7. The predicted octanol–water partition coefficient (Wildman–Crippen LogP) is 2.79. The zero-order valence-electron chi connectivity index (χ0n) is 13.6. The molecule has 1 aromatic heterocycles. The lowest BCUT2D eigenvalue weighted by Crippen LogP contribution is -2.35. The van der Waals surface area contributed by atoms with Crippen LogP contribution in [0.15, 0.2) is 22.8 Å². The van der Waals surface area contributed by atoms with Gasteiger partial charge in [-0.15, -0.1) is 0 Å². The fourth-order valence-corrected chi connectivity index (χ4v) is 3.20. The van der Waals surface area contributed by atoms with Crippen molar-refractivity contribution in [1.29, 1.82) is 0 Å². The second-order valence-electron chi connectivity index (χ2n) is 6.90. The van der Waals surface area contributed by atoms with Gasteiger partial charge in [-0.25, -0.2) is 0 Å².